The fraction of sp³-hybridized carbons (Fsp3) is 0.625. The fourth-order valence-electron chi connectivity index (χ4n) is 5.07. The van der Waals surface area contributed by atoms with Gasteiger partial charge in [0.2, 0.25) is 11.8 Å². The first-order valence-electron chi connectivity index (χ1n) is 11.6. The number of amides is 2. The lowest BCUT2D eigenvalue weighted by Crippen LogP contribution is -2.54. The first-order chi connectivity index (χ1) is 15.5. The van der Waals surface area contributed by atoms with Crippen molar-refractivity contribution < 1.29 is 24.2 Å². The van der Waals surface area contributed by atoms with Gasteiger partial charge in [-0.15, -0.1) is 0 Å². The molecular weight excluding hydrogens is 410 g/mol. The van der Waals surface area contributed by atoms with Gasteiger partial charge in [-0.25, -0.2) is 0 Å². The Morgan fingerprint density at radius 1 is 1.06 bits per heavy atom. The number of likely N-dealkylation sites (tertiary alicyclic amines) is 2. The molecule has 0 radical (unpaired) electrons. The number of ether oxygens (including phenoxy) is 1. The molecule has 0 saturated carbocycles. The van der Waals surface area contributed by atoms with Crippen molar-refractivity contribution >= 4 is 18.3 Å². The van der Waals surface area contributed by atoms with Crippen molar-refractivity contribution in [3.8, 4) is 0 Å². The molecule has 0 bridgehead atoms. The number of hydrogen-bond donors (Lipinski definition) is 1. The number of hydrogen-bond acceptors (Lipinski definition) is 5. The maximum absolute atomic E-state index is 13.5. The number of rotatable bonds is 4. The van der Waals surface area contributed by atoms with E-state index in [4.69, 9.17) is 14.6 Å². The first kappa shape index (κ1) is 24.2. The van der Waals surface area contributed by atoms with Crippen LogP contribution in [-0.2, 0) is 19.1 Å². The van der Waals surface area contributed by atoms with E-state index in [0.717, 1.165) is 38.0 Å². The van der Waals surface area contributed by atoms with E-state index in [9.17, 15) is 9.59 Å². The second-order valence-corrected chi connectivity index (χ2v) is 8.69. The van der Waals surface area contributed by atoms with E-state index < -0.39 is 0 Å². The van der Waals surface area contributed by atoms with E-state index in [1.807, 2.05) is 23.1 Å². The van der Waals surface area contributed by atoms with Crippen molar-refractivity contribution in [1.82, 2.24) is 14.7 Å². The van der Waals surface area contributed by atoms with Crippen LogP contribution in [0.1, 0.15) is 44.2 Å². The summed E-state index contributed by atoms with van der Waals surface area (Å²) in [6.45, 7) is 7.09. The zero-order valence-corrected chi connectivity index (χ0v) is 18.9. The molecule has 0 unspecified atom stereocenters. The predicted octanol–water partition coefficient (Wildman–Crippen LogP) is 2.01. The summed E-state index contributed by atoms with van der Waals surface area (Å²) in [5.41, 5.74) is 1.16. The Kier molecular flexibility index (Phi) is 9.05. The molecule has 0 spiro atoms. The molecule has 3 heterocycles. The van der Waals surface area contributed by atoms with Crippen molar-refractivity contribution in [3.63, 3.8) is 0 Å². The summed E-state index contributed by atoms with van der Waals surface area (Å²) in [5, 5.41) is 6.89. The minimum Gasteiger partial charge on any atom is -0.483 e. The number of benzene rings is 1. The van der Waals surface area contributed by atoms with Gasteiger partial charge in [0.25, 0.3) is 6.47 Å². The summed E-state index contributed by atoms with van der Waals surface area (Å²) >= 11 is 0. The van der Waals surface area contributed by atoms with E-state index in [2.05, 4.69) is 21.9 Å². The summed E-state index contributed by atoms with van der Waals surface area (Å²) < 4.78 is 6.23. The molecule has 2 amide bonds. The van der Waals surface area contributed by atoms with Crippen LogP contribution in [0.2, 0.25) is 0 Å². The predicted molar refractivity (Wildman–Crippen MR) is 120 cm³/mol. The molecule has 0 aromatic heterocycles. The Morgan fingerprint density at radius 3 is 2.28 bits per heavy atom. The van der Waals surface area contributed by atoms with Gasteiger partial charge in [0.15, 0.2) is 0 Å². The van der Waals surface area contributed by atoms with Gasteiger partial charge in [-0.05, 0) is 44.3 Å². The zero-order valence-electron chi connectivity index (χ0n) is 18.9. The molecule has 1 aromatic carbocycles. The summed E-state index contributed by atoms with van der Waals surface area (Å²) in [6, 6.07) is 10.3. The summed E-state index contributed by atoms with van der Waals surface area (Å²) in [5.74, 6) is 0.342. The normalized spacial score (nSPS) is 24.5. The van der Waals surface area contributed by atoms with E-state index in [1.54, 1.807) is 6.92 Å². The molecule has 3 fully saturated rings. The summed E-state index contributed by atoms with van der Waals surface area (Å²) in [6.07, 6.45) is 4.02. The zero-order chi connectivity index (χ0) is 22.9. The number of carbonyl (C=O) groups excluding carboxylic acids is 2. The highest BCUT2D eigenvalue weighted by Gasteiger charge is 2.40. The van der Waals surface area contributed by atoms with Crippen LogP contribution >= 0.6 is 0 Å². The molecular formula is C24H35N3O5. The van der Waals surface area contributed by atoms with Gasteiger partial charge in [-0.3, -0.25) is 14.4 Å². The Balaban J connectivity index is 0.000000913. The maximum atomic E-state index is 13.5. The monoisotopic (exact) mass is 445 g/mol. The number of carboxylic acid groups (broad SMARTS) is 1. The third kappa shape index (κ3) is 6.07. The molecule has 1 aromatic rings. The van der Waals surface area contributed by atoms with Gasteiger partial charge in [0, 0.05) is 39.0 Å². The van der Waals surface area contributed by atoms with Gasteiger partial charge in [0.05, 0.1) is 18.8 Å². The molecule has 2 atom stereocenters. The second-order valence-electron chi connectivity index (χ2n) is 8.69. The molecule has 3 saturated heterocycles. The lowest BCUT2D eigenvalue weighted by molar-refractivity contribution is -0.155. The number of carbonyl (C=O) groups is 3. The number of nitrogens with zero attached hydrogens (tertiary/aromatic N) is 3. The molecule has 8 heteroatoms. The SMILES string of the molecule is CC(=O)N1CCC(C(=O)N2CCO[C@@H](CN3CCCC3)[C@@H]2c2ccccc2)CC1.O=CO. The van der Waals surface area contributed by atoms with Crippen LogP contribution in [0.4, 0.5) is 0 Å². The van der Waals surface area contributed by atoms with Crippen LogP contribution in [0.15, 0.2) is 30.3 Å². The highest BCUT2D eigenvalue weighted by atomic mass is 16.5. The van der Waals surface area contributed by atoms with E-state index in [1.165, 1.54) is 12.8 Å². The smallest absolute Gasteiger partial charge is 0.290 e. The van der Waals surface area contributed by atoms with Crippen LogP contribution < -0.4 is 0 Å². The summed E-state index contributed by atoms with van der Waals surface area (Å²) in [4.78, 5) is 39.9. The van der Waals surface area contributed by atoms with Crippen molar-refractivity contribution in [2.75, 3.05) is 45.9 Å². The van der Waals surface area contributed by atoms with E-state index in [0.29, 0.717) is 26.2 Å². The third-order valence-corrected chi connectivity index (χ3v) is 6.70. The number of morpholine rings is 1. The van der Waals surface area contributed by atoms with Gasteiger partial charge >= 0.3 is 0 Å². The Hall–Kier alpha value is -2.45. The first-order valence-corrected chi connectivity index (χ1v) is 11.6. The van der Waals surface area contributed by atoms with E-state index >= 15 is 0 Å². The summed E-state index contributed by atoms with van der Waals surface area (Å²) in [7, 11) is 0. The Bertz CT molecular complexity index is 745. The lowest BCUT2D eigenvalue weighted by Gasteiger charge is -2.44. The van der Waals surface area contributed by atoms with Crippen LogP contribution in [0.3, 0.4) is 0 Å². The van der Waals surface area contributed by atoms with E-state index in [-0.39, 0.29) is 36.4 Å². The average Bonchev–Trinajstić information content (AvgIpc) is 3.33. The van der Waals surface area contributed by atoms with Gasteiger partial charge in [0.1, 0.15) is 0 Å². The fourth-order valence-corrected chi connectivity index (χ4v) is 5.07. The third-order valence-electron chi connectivity index (χ3n) is 6.70. The minimum absolute atomic E-state index is 0.00217. The van der Waals surface area contributed by atoms with Gasteiger partial charge in [-0.1, -0.05) is 30.3 Å². The maximum Gasteiger partial charge on any atom is 0.290 e. The quantitative estimate of drug-likeness (QED) is 0.713. The largest absolute Gasteiger partial charge is 0.483 e. The van der Waals surface area contributed by atoms with Crippen molar-refractivity contribution in [1.29, 1.82) is 0 Å². The second kappa shape index (κ2) is 12.0. The van der Waals surface area contributed by atoms with Crippen molar-refractivity contribution in [3.05, 3.63) is 35.9 Å². The average molecular weight is 446 g/mol. The lowest BCUT2D eigenvalue weighted by atomic mass is 9.91. The van der Waals surface area contributed by atoms with Gasteiger partial charge in [-0.2, -0.15) is 0 Å². The Morgan fingerprint density at radius 2 is 1.69 bits per heavy atom. The molecule has 1 N–H and O–H groups in total. The van der Waals surface area contributed by atoms with Crippen molar-refractivity contribution in [2.24, 2.45) is 5.92 Å². The highest BCUT2D eigenvalue weighted by molar-refractivity contribution is 5.80. The van der Waals surface area contributed by atoms with Crippen LogP contribution in [0, 0.1) is 5.92 Å². The molecule has 176 valence electrons. The topological polar surface area (TPSA) is 90.4 Å². The molecule has 3 aliphatic rings. The molecule has 0 aliphatic carbocycles. The highest BCUT2D eigenvalue weighted by Crippen LogP contribution is 2.33. The standard InChI is InChI=1S/C23H33N3O3.CH2O2/c1-18(27)25-13-9-20(10-14-25)23(28)26-15-16-29-21(17-24-11-5-6-12-24)22(26)19-7-3-2-4-8-19;2-1-3/h2-4,7-8,20-22H,5-6,9-17H2,1H3;1H,(H,2,3)/t21-,22-;/m0./s1. The molecule has 3 aliphatic heterocycles. The van der Waals surface area contributed by atoms with Crippen LogP contribution in [0.5, 0.6) is 0 Å². The minimum atomic E-state index is -0.250. The van der Waals surface area contributed by atoms with Crippen molar-refractivity contribution in [2.45, 2.75) is 44.8 Å². The molecule has 32 heavy (non-hydrogen) atoms. The van der Waals surface area contributed by atoms with Crippen LogP contribution in [0.25, 0.3) is 0 Å². The molecule has 4 rings (SSSR count). The Labute approximate surface area is 190 Å². The van der Waals surface area contributed by atoms with Gasteiger partial charge < -0.3 is 24.5 Å². The van der Waals surface area contributed by atoms with Crippen LogP contribution in [-0.4, -0.2) is 90.1 Å². The number of piperidine rings is 1. The molecule has 8 nitrogen and oxygen atoms in total.